The highest BCUT2D eigenvalue weighted by atomic mass is 16.3. The first-order valence-electron chi connectivity index (χ1n) is 9.40. The molecule has 3 aromatic rings. The third-order valence-electron chi connectivity index (χ3n) is 5.26. The van der Waals surface area contributed by atoms with Crippen LogP contribution in [0.4, 0.5) is 0 Å². The van der Waals surface area contributed by atoms with Crippen LogP contribution in [-0.4, -0.2) is 52.9 Å². The summed E-state index contributed by atoms with van der Waals surface area (Å²) in [7, 11) is 0. The maximum Gasteiger partial charge on any atom is 0.257 e. The third kappa shape index (κ3) is 3.31. The van der Waals surface area contributed by atoms with E-state index in [4.69, 9.17) is 0 Å². The summed E-state index contributed by atoms with van der Waals surface area (Å²) in [6.45, 7) is 3.73. The summed E-state index contributed by atoms with van der Waals surface area (Å²) in [5, 5.41) is 12.0. The van der Waals surface area contributed by atoms with Crippen LogP contribution < -0.4 is 0 Å². The number of phenolic OH excluding ortho intramolecular Hbond substituents is 1. The maximum atomic E-state index is 13.0. The number of amides is 2. The molecule has 1 fully saturated rings. The van der Waals surface area contributed by atoms with E-state index < -0.39 is 0 Å². The molecule has 2 amide bonds. The van der Waals surface area contributed by atoms with E-state index in [2.05, 4.69) is 0 Å². The van der Waals surface area contributed by atoms with Crippen LogP contribution in [0.25, 0.3) is 10.8 Å². The number of piperazine rings is 1. The number of rotatable bonds is 2. The average Bonchev–Trinajstić information content (AvgIpc) is 2.74. The number of fused-ring (bicyclic) bond motifs is 1. The van der Waals surface area contributed by atoms with E-state index >= 15 is 0 Å². The minimum atomic E-state index is -0.196. The molecular weight excluding hydrogens is 352 g/mol. The van der Waals surface area contributed by atoms with Crippen LogP contribution >= 0.6 is 0 Å². The topological polar surface area (TPSA) is 60.9 Å². The highest BCUT2D eigenvalue weighted by Crippen LogP contribution is 2.23. The van der Waals surface area contributed by atoms with Gasteiger partial charge in [-0.2, -0.15) is 0 Å². The van der Waals surface area contributed by atoms with Crippen molar-refractivity contribution in [1.82, 2.24) is 9.80 Å². The first kappa shape index (κ1) is 18.0. The Morgan fingerprint density at radius 2 is 1.39 bits per heavy atom. The van der Waals surface area contributed by atoms with Gasteiger partial charge in [-0.15, -0.1) is 0 Å². The summed E-state index contributed by atoms with van der Waals surface area (Å²) in [5.41, 5.74) is 1.92. The molecule has 0 bridgehead atoms. The van der Waals surface area contributed by atoms with Gasteiger partial charge >= 0.3 is 0 Å². The van der Waals surface area contributed by atoms with Gasteiger partial charge in [-0.05, 0) is 35.9 Å². The molecule has 1 saturated heterocycles. The predicted molar refractivity (Wildman–Crippen MR) is 109 cm³/mol. The largest absolute Gasteiger partial charge is 0.507 e. The van der Waals surface area contributed by atoms with Crippen molar-refractivity contribution < 1.29 is 14.7 Å². The van der Waals surface area contributed by atoms with Gasteiger partial charge in [0.15, 0.2) is 0 Å². The summed E-state index contributed by atoms with van der Waals surface area (Å²) >= 11 is 0. The van der Waals surface area contributed by atoms with Crippen LogP contribution in [0.5, 0.6) is 5.75 Å². The smallest absolute Gasteiger partial charge is 0.257 e. The van der Waals surface area contributed by atoms with Crippen molar-refractivity contribution in [1.29, 1.82) is 0 Å². The van der Waals surface area contributed by atoms with E-state index in [0.717, 1.165) is 16.3 Å². The Hall–Kier alpha value is -3.34. The van der Waals surface area contributed by atoms with Gasteiger partial charge in [0, 0.05) is 31.7 Å². The molecule has 1 aliphatic heterocycles. The summed E-state index contributed by atoms with van der Waals surface area (Å²) in [4.78, 5) is 29.3. The lowest BCUT2D eigenvalue weighted by molar-refractivity contribution is 0.0534. The second-order valence-electron chi connectivity index (χ2n) is 7.13. The van der Waals surface area contributed by atoms with Crippen molar-refractivity contribution in [2.24, 2.45) is 0 Å². The number of hydrogen-bond acceptors (Lipinski definition) is 3. The Kier molecular flexibility index (Phi) is 4.74. The first-order chi connectivity index (χ1) is 13.5. The minimum Gasteiger partial charge on any atom is -0.507 e. The van der Waals surface area contributed by atoms with Gasteiger partial charge in [-0.25, -0.2) is 0 Å². The van der Waals surface area contributed by atoms with Crippen molar-refractivity contribution in [2.75, 3.05) is 26.2 Å². The van der Waals surface area contributed by atoms with Gasteiger partial charge in [0.05, 0.1) is 5.56 Å². The zero-order chi connectivity index (χ0) is 19.7. The highest BCUT2D eigenvalue weighted by Gasteiger charge is 2.27. The first-order valence-corrected chi connectivity index (χ1v) is 9.40. The number of benzene rings is 3. The van der Waals surface area contributed by atoms with Crippen LogP contribution in [0, 0.1) is 6.92 Å². The Labute approximate surface area is 163 Å². The van der Waals surface area contributed by atoms with Crippen molar-refractivity contribution in [2.45, 2.75) is 6.92 Å². The Morgan fingerprint density at radius 1 is 0.786 bits per heavy atom. The molecule has 3 aromatic carbocycles. The third-order valence-corrected chi connectivity index (χ3v) is 5.26. The molecule has 5 heteroatoms. The molecule has 1 aliphatic rings. The van der Waals surface area contributed by atoms with Crippen molar-refractivity contribution in [3.8, 4) is 5.75 Å². The van der Waals surface area contributed by atoms with Crippen molar-refractivity contribution in [3.05, 3.63) is 77.4 Å². The summed E-state index contributed by atoms with van der Waals surface area (Å²) in [5.74, 6) is -0.217. The summed E-state index contributed by atoms with van der Waals surface area (Å²) in [6, 6.07) is 18.6. The average molecular weight is 374 g/mol. The second-order valence-corrected chi connectivity index (χ2v) is 7.13. The van der Waals surface area contributed by atoms with Gasteiger partial charge in [0.1, 0.15) is 5.75 Å². The van der Waals surface area contributed by atoms with Gasteiger partial charge < -0.3 is 14.9 Å². The van der Waals surface area contributed by atoms with E-state index in [9.17, 15) is 14.7 Å². The zero-order valence-electron chi connectivity index (χ0n) is 15.8. The standard InChI is InChI=1S/C23H22N2O3/c1-16-9-10-21(26)20(15-16)23(28)25-13-11-24(12-14-25)22(27)19-8-4-6-17-5-2-3-7-18(17)19/h2-10,15,26H,11-14H2,1H3. The molecule has 1 heterocycles. The summed E-state index contributed by atoms with van der Waals surface area (Å²) < 4.78 is 0. The van der Waals surface area contributed by atoms with Gasteiger partial charge in [-0.3, -0.25) is 9.59 Å². The lowest BCUT2D eigenvalue weighted by Gasteiger charge is -2.35. The van der Waals surface area contributed by atoms with Crippen LogP contribution in [0.1, 0.15) is 26.3 Å². The Bertz CT molecular complexity index is 1050. The molecule has 28 heavy (non-hydrogen) atoms. The normalized spacial score (nSPS) is 14.3. The number of aryl methyl sites for hydroxylation is 1. The number of carbonyl (C=O) groups is 2. The fourth-order valence-electron chi connectivity index (χ4n) is 3.69. The molecule has 0 atom stereocenters. The molecular formula is C23H22N2O3. The van der Waals surface area contributed by atoms with Crippen LogP contribution in [0.3, 0.4) is 0 Å². The number of phenols is 1. The Balaban J connectivity index is 1.49. The fourth-order valence-corrected chi connectivity index (χ4v) is 3.69. The molecule has 0 aromatic heterocycles. The highest BCUT2D eigenvalue weighted by molar-refractivity contribution is 6.07. The molecule has 0 unspecified atom stereocenters. The molecule has 0 aliphatic carbocycles. The van der Waals surface area contributed by atoms with Gasteiger partial charge in [-0.1, -0.05) is 48.0 Å². The van der Waals surface area contributed by atoms with Crippen LogP contribution in [-0.2, 0) is 0 Å². The molecule has 0 spiro atoms. The van der Waals surface area contributed by atoms with Crippen molar-refractivity contribution >= 4 is 22.6 Å². The monoisotopic (exact) mass is 374 g/mol. The van der Waals surface area contributed by atoms with E-state index in [0.29, 0.717) is 37.3 Å². The van der Waals surface area contributed by atoms with Crippen LogP contribution in [0.2, 0.25) is 0 Å². The van der Waals surface area contributed by atoms with E-state index in [1.807, 2.05) is 49.4 Å². The number of aromatic hydroxyl groups is 1. The molecule has 4 rings (SSSR count). The maximum absolute atomic E-state index is 13.0. The van der Waals surface area contributed by atoms with Crippen molar-refractivity contribution in [3.63, 3.8) is 0 Å². The minimum absolute atomic E-state index is 0.00939. The lowest BCUT2D eigenvalue weighted by atomic mass is 10.0. The fraction of sp³-hybridized carbons (Fsp3) is 0.217. The van der Waals surface area contributed by atoms with Crippen LogP contribution in [0.15, 0.2) is 60.7 Å². The number of carbonyl (C=O) groups excluding carboxylic acids is 2. The van der Waals surface area contributed by atoms with E-state index in [1.165, 1.54) is 0 Å². The lowest BCUT2D eigenvalue weighted by Crippen LogP contribution is -2.50. The molecule has 5 nitrogen and oxygen atoms in total. The molecule has 142 valence electrons. The number of nitrogens with zero attached hydrogens (tertiary/aromatic N) is 2. The van der Waals surface area contributed by atoms with Gasteiger partial charge in [0.25, 0.3) is 11.8 Å². The molecule has 0 radical (unpaired) electrons. The predicted octanol–water partition coefficient (Wildman–Crippen LogP) is 3.45. The molecule has 1 N–H and O–H groups in total. The quantitative estimate of drug-likeness (QED) is 0.747. The molecule has 0 saturated carbocycles. The zero-order valence-corrected chi connectivity index (χ0v) is 15.8. The van der Waals surface area contributed by atoms with Gasteiger partial charge in [0.2, 0.25) is 0 Å². The second kappa shape index (κ2) is 7.35. The number of hydrogen-bond donors (Lipinski definition) is 1. The SMILES string of the molecule is Cc1ccc(O)c(C(=O)N2CCN(C(=O)c3cccc4ccccc34)CC2)c1. The summed E-state index contributed by atoms with van der Waals surface area (Å²) in [6.07, 6.45) is 0. The van der Waals surface area contributed by atoms with E-state index in [1.54, 1.807) is 28.0 Å². The Morgan fingerprint density at radius 3 is 2.11 bits per heavy atom. The van der Waals surface area contributed by atoms with E-state index in [-0.39, 0.29) is 17.6 Å².